The van der Waals surface area contributed by atoms with Gasteiger partial charge in [-0.2, -0.15) is 13.2 Å². The smallest absolute Gasteiger partial charge is 0.405 e. The van der Waals surface area contributed by atoms with Crippen LogP contribution in [-0.2, 0) is 11.8 Å². The van der Waals surface area contributed by atoms with E-state index in [2.05, 4.69) is 10.2 Å². The zero-order valence-corrected chi connectivity index (χ0v) is 13.7. The molecule has 2 rings (SSSR count). The van der Waals surface area contributed by atoms with Crippen molar-refractivity contribution in [1.29, 1.82) is 0 Å². The number of aromatic nitrogens is 3. The van der Waals surface area contributed by atoms with Crippen LogP contribution >= 0.6 is 11.8 Å². The van der Waals surface area contributed by atoms with Crippen LogP contribution in [0, 0.1) is 0 Å². The van der Waals surface area contributed by atoms with Crippen molar-refractivity contribution in [2.75, 3.05) is 19.4 Å². The van der Waals surface area contributed by atoms with Gasteiger partial charge in [0.1, 0.15) is 12.3 Å². The number of carbonyl (C=O) groups is 1. The van der Waals surface area contributed by atoms with Gasteiger partial charge < -0.3 is 14.6 Å². The summed E-state index contributed by atoms with van der Waals surface area (Å²) in [5, 5.41) is 10.2. The average Bonchev–Trinajstić information content (AvgIpc) is 2.91. The molecule has 1 aromatic heterocycles. The van der Waals surface area contributed by atoms with Crippen molar-refractivity contribution in [2.24, 2.45) is 7.05 Å². The predicted molar refractivity (Wildman–Crippen MR) is 82.8 cm³/mol. The molecule has 0 radical (unpaired) electrons. The third-order valence-electron chi connectivity index (χ3n) is 3.00. The molecular formula is C14H15F3N4O2S. The molecule has 0 fully saturated rings. The van der Waals surface area contributed by atoms with Gasteiger partial charge in [-0.15, -0.1) is 10.2 Å². The maximum Gasteiger partial charge on any atom is 0.405 e. The van der Waals surface area contributed by atoms with E-state index in [0.717, 1.165) is 17.3 Å². The molecule has 0 aliphatic rings. The van der Waals surface area contributed by atoms with Crippen LogP contribution in [0.5, 0.6) is 5.75 Å². The lowest BCUT2D eigenvalue weighted by molar-refractivity contribution is -0.136. The van der Waals surface area contributed by atoms with Crippen molar-refractivity contribution >= 4 is 17.7 Å². The van der Waals surface area contributed by atoms with Gasteiger partial charge in [-0.3, -0.25) is 4.79 Å². The molecule has 1 N–H and O–H groups in total. The van der Waals surface area contributed by atoms with Crippen LogP contribution in [0.25, 0.3) is 11.4 Å². The number of nitrogens with zero attached hydrogens (tertiary/aromatic N) is 3. The molecule has 2 aromatic rings. The minimum Gasteiger partial charge on any atom is -0.496 e. The van der Waals surface area contributed by atoms with Crippen molar-refractivity contribution in [1.82, 2.24) is 20.1 Å². The Morgan fingerprint density at radius 1 is 1.33 bits per heavy atom. The average molecular weight is 360 g/mol. The number of amides is 1. The molecule has 0 atom stereocenters. The first-order valence-electron chi connectivity index (χ1n) is 6.81. The maximum atomic E-state index is 12.0. The number of hydrogen-bond donors (Lipinski definition) is 1. The van der Waals surface area contributed by atoms with E-state index in [1.165, 1.54) is 7.11 Å². The first-order valence-corrected chi connectivity index (χ1v) is 7.79. The van der Waals surface area contributed by atoms with Crippen LogP contribution < -0.4 is 10.1 Å². The fourth-order valence-corrected chi connectivity index (χ4v) is 2.63. The maximum absolute atomic E-state index is 12.0. The van der Waals surface area contributed by atoms with Crippen molar-refractivity contribution in [3.63, 3.8) is 0 Å². The number of nitrogens with one attached hydrogen (secondary N) is 1. The van der Waals surface area contributed by atoms with Crippen LogP contribution in [-0.4, -0.2) is 46.3 Å². The van der Waals surface area contributed by atoms with Crippen molar-refractivity contribution < 1.29 is 22.7 Å². The summed E-state index contributed by atoms with van der Waals surface area (Å²) in [4.78, 5) is 11.4. The third kappa shape index (κ3) is 4.63. The van der Waals surface area contributed by atoms with E-state index in [0.29, 0.717) is 16.7 Å². The number of para-hydroxylation sites is 1. The number of thioether (sulfide) groups is 1. The standard InChI is InChI=1S/C14H15F3N4O2S/c1-21-12(9-5-3-4-6-10(9)23-2)19-20-13(21)24-7-11(22)18-8-14(15,16)17/h3-6H,7-8H2,1-2H3,(H,18,22). The summed E-state index contributed by atoms with van der Waals surface area (Å²) in [5.41, 5.74) is 0.725. The van der Waals surface area contributed by atoms with E-state index in [1.807, 2.05) is 18.2 Å². The van der Waals surface area contributed by atoms with Gasteiger partial charge in [0, 0.05) is 7.05 Å². The second-order valence-corrected chi connectivity index (χ2v) is 5.69. The fourth-order valence-electron chi connectivity index (χ4n) is 1.88. The van der Waals surface area contributed by atoms with Gasteiger partial charge in [0.05, 0.1) is 18.4 Å². The quantitative estimate of drug-likeness (QED) is 0.801. The first-order chi connectivity index (χ1) is 11.3. The monoisotopic (exact) mass is 360 g/mol. The molecule has 0 saturated heterocycles. The third-order valence-corrected chi connectivity index (χ3v) is 4.02. The second kappa shape index (κ2) is 7.56. The number of ether oxygens (including phenoxy) is 1. The normalized spacial score (nSPS) is 11.4. The van der Waals surface area contributed by atoms with E-state index in [4.69, 9.17) is 4.74 Å². The van der Waals surface area contributed by atoms with Gasteiger partial charge in [0.15, 0.2) is 11.0 Å². The number of benzene rings is 1. The topological polar surface area (TPSA) is 69.0 Å². The Morgan fingerprint density at radius 3 is 2.71 bits per heavy atom. The lowest BCUT2D eigenvalue weighted by Gasteiger charge is -2.09. The molecule has 0 spiro atoms. The fraction of sp³-hybridized carbons (Fsp3) is 0.357. The lowest BCUT2D eigenvalue weighted by Crippen LogP contribution is -2.34. The highest BCUT2D eigenvalue weighted by molar-refractivity contribution is 7.99. The van der Waals surface area contributed by atoms with Gasteiger partial charge in [0.25, 0.3) is 0 Å². The number of carbonyl (C=O) groups excluding carboxylic acids is 1. The molecule has 1 aromatic carbocycles. The molecule has 6 nitrogen and oxygen atoms in total. The Kier molecular flexibility index (Phi) is 5.71. The summed E-state index contributed by atoms with van der Waals surface area (Å²) < 4.78 is 43.1. The highest BCUT2D eigenvalue weighted by atomic mass is 32.2. The number of alkyl halides is 3. The highest BCUT2D eigenvalue weighted by Crippen LogP contribution is 2.29. The van der Waals surface area contributed by atoms with Gasteiger partial charge in [-0.25, -0.2) is 0 Å². The van der Waals surface area contributed by atoms with Crippen LogP contribution in [0.4, 0.5) is 13.2 Å². The minimum atomic E-state index is -4.43. The van der Waals surface area contributed by atoms with Gasteiger partial charge in [0.2, 0.25) is 5.91 Å². The second-order valence-electron chi connectivity index (χ2n) is 4.75. The Morgan fingerprint density at radius 2 is 2.04 bits per heavy atom. The summed E-state index contributed by atoms with van der Waals surface area (Å²) in [6.45, 7) is -1.35. The van der Waals surface area contributed by atoms with Crippen molar-refractivity contribution in [3.8, 4) is 17.1 Å². The lowest BCUT2D eigenvalue weighted by atomic mass is 10.2. The molecule has 0 aliphatic carbocycles. The Bertz CT molecular complexity index is 718. The zero-order chi connectivity index (χ0) is 17.7. The number of methoxy groups -OCH3 is 1. The molecule has 1 amide bonds. The molecule has 10 heteroatoms. The predicted octanol–water partition coefficient (Wildman–Crippen LogP) is 2.26. The zero-order valence-electron chi connectivity index (χ0n) is 12.9. The molecule has 0 saturated carbocycles. The summed E-state index contributed by atoms with van der Waals surface area (Å²) in [6.07, 6.45) is -4.43. The Labute approximate surface area is 140 Å². The van der Waals surface area contributed by atoms with Gasteiger partial charge in [-0.05, 0) is 12.1 Å². The summed E-state index contributed by atoms with van der Waals surface area (Å²) in [5.74, 6) is 0.242. The van der Waals surface area contributed by atoms with Crippen LogP contribution in [0.15, 0.2) is 29.4 Å². The van der Waals surface area contributed by atoms with E-state index in [9.17, 15) is 18.0 Å². The Hall–Kier alpha value is -2.23. The number of rotatable bonds is 6. The summed E-state index contributed by atoms with van der Waals surface area (Å²) >= 11 is 1.00. The van der Waals surface area contributed by atoms with Crippen molar-refractivity contribution in [2.45, 2.75) is 11.3 Å². The molecule has 0 bridgehead atoms. The van der Waals surface area contributed by atoms with Crippen LogP contribution in [0.1, 0.15) is 0 Å². The van der Waals surface area contributed by atoms with Crippen LogP contribution in [0.2, 0.25) is 0 Å². The molecule has 1 heterocycles. The van der Waals surface area contributed by atoms with Crippen molar-refractivity contribution in [3.05, 3.63) is 24.3 Å². The van der Waals surface area contributed by atoms with E-state index >= 15 is 0 Å². The summed E-state index contributed by atoms with van der Waals surface area (Å²) in [6, 6.07) is 7.23. The molecule has 24 heavy (non-hydrogen) atoms. The van der Waals surface area contributed by atoms with Crippen LogP contribution in [0.3, 0.4) is 0 Å². The van der Waals surface area contributed by atoms with Gasteiger partial charge >= 0.3 is 6.18 Å². The number of hydrogen-bond acceptors (Lipinski definition) is 5. The number of halogens is 3. The summed E-state index contributed by atoms with van der Waals surface area (Å²) in [7, 11) is 3.24. The SMILES string of the molecule is COc1ccccc1-c1nnc(SCC(=O)NCC(F)(F)F)n1C. The first kappa shape index (κ1) is 18.1. The molecule has 0 aliphatic heterocycles. The molecular weight excluding hydrogens is 345 g/mol. The van der Waals surface area contributed by atoms with E-state index in [1.54, 1.807) is 23.0 Å². The van der Waals surface area contributed by atoms with E-state index in [-0.39, 0.29) is 5.75 Å². The Balaban J connectivity index is 2.04. The highest BCUT2D eigenvalue weighted by Gasteiger charge is 2.27. The molecule has 0 unspecified atom stereocenters. The molecule has 130 valence electrons. The minimum absolute atomic E-state index is 0.187. The van der Waals surface area contributed by atoms with E-state index < -0.39 is 18.6 Å². The largest absolute Gasteiger partial charge is 0.496 e. The van der Waals surface area contributed by atoms with Gasteiger partial charge in [-0.1, -0.05) is 23.9 Å².